The summed E-state index contributed by atoms with van der Waals surface area (Å²) in [4.78, 5) is 0. The molecule has 0 radical (unpaired) electrons. The fourth-order valence-corrected chi connectivity index (χ4v) is 2.15. The van der Waals surface area contributed by atoms with Crippen molar-refractivity contribution < 1.29 is 14.2 Å². The van der Waals surface area contributed by atoms with Gasteiger partial charge in [-0.15, -0.1) is 0 Å². The van der Waals surface area contributed by atoms with Crippen LogP contribution in [-0.2, 0) is 6.61 Å². The van der Waals surface area contributed by atoms with E-state index in [1.807, 2.05) is 36.4 Å². The average molecular weight is 302 g/mol. The first-order valence-electron chi connectivity index (χ1n) is 7.07. The number of hydrogen-bond donors (Lipinski definition) is 2. The number of benzene rings is 2. The Morgan fingerprint density at radius 1 is 0.955 bits per heavy atom. The van der Waals surface area contributed by atoms with Crippen molar-refractivity contribution in [2.75, 3.05) is 20.8 Å². The Morgan fingerprint density at radius 2 is 1.59 bits per heavy atom. The molecule has 0 bridgehead atoms. The molecule has 22 heavy (non-hydrogen) atoms. The first-order valence-corrected chi connectivity index (χ1v) is 7.07. The van der Waals surface area contributed by atoms with Crippen LogP contribution in [0, 0.1) is 0 Å². The minimum absolute atomic E-state index is 0.317. The minimum atomic E-state index is -0.328. The summed E-state index contributed by atoms with van der Waals surface area (Å²) in [5, 5.41) is 0. The van der Waals surface area contributed by atoms with Crippen LogP contribution >= 0.6 is 0 Å². The molecule has 5 nitrogen and oxygen atoms in total. The Morgan fingerprint density at radius 3 is 2.18 bits per heavy atom. The van der Waals surface area contributed by atoms with E-state index in [4.69, 9.17) is 25.7 Å². The third kappa shape index (κ3) is 3.69. The number of nitrogens with two attached hydrogens (primary N) is 2. The van der Waals surface area contributed by atoms with Crippen molar-refractivity contribution in [1.82, 2.24) is 0 Å². The summed E-state index contributed by atoms with van der Waals surface area (Å²) in [6.45, 7) is 0.762. The van der Waals surface area contributed by atoms with Crippen LogP contribution in [0.1, 0.15) is 17.2 Å². The van der Waals surface area contributed by atoms with Crippen molar-refractivity contribution in [1.29, 1.82) is 0 Å². The highest BCUT2D eigenvalue weighted by Gasteiger charge is 2.17. The van der Waals surface area contributed by atoms with E-state index in [0.29, 0.717) is 30.4 Å². The molecule has 0 aromatic heterocycles. The molecule has 2 aromatic rings. The minimum Gasteiger partial charge on any atom is -0.493 e. The summed E-state index contributed by atoms with van der Waals surface area (Å²) in [5.41, 5.74) is 13.6. The Hall–Kier alpha value is -2.24. The van der Waals surface area contributed by atoms with Gasteiger partial charge < -0.3 is 25.7 Å². The zero-order valence-corrected chi connectivity index (χ0v) is 12.9. The molecule has 0 fully saturated rings. The summed E-state index contributed by atoms with van der Waals surface area (Å²) < 4.78 is 16.5. The van der Waals surface area contributed by atoms with Gasteiger partial charge in [0.1, 0.15) is 12.4 Å². The fraction of sp³-hybridized carbons (Fsp3) is 0.294. The number of ether oxygens (including phenoxy) is 3. The second kappa shape index (κ2) is 7.68. The Balaban J connectivity index is 2.30. The lowest BCUT2D eigenvalue weighted by molar-refractivity contribution is 0.295. The summed E-state index contributed by atoms with van der Waals surface area (Å²) in [6, 6.07) is 13.2. The van der Waals surface area contributed by atoms with E-state index in [2.05, 4.69) is 0 Å². The normalized spacial score (nSPS) is 11.8. The zero-order chi connectivity index (χ0) is 15.9. The fourth-order valence-electron chi connectivity index (χ4n) is 2.15. The van der Waals surface area contributed by atoms with Crippen LogP contribution in [0.5, 0.6) is 17.2 Å². The van der Waals surface area contributed by atoms with Crippen LogP contribution in [0.3, 0.4) is 0 Å². The molecule has 0 aliphatic rings. The van der Waals surface area contributed by atoms with Crippen molar-refractivity contribution in [2.24, 2.45) is 11.5 Å². The quantitative estimate of drug-likeness (QED) is 0.820. The first kappa shape index (κ1) is 16.1. The molecular formula is C17H22N2O3. The molecular weight excluding hydrogens is 280 g/mol. The van der Waals surface area contributed by atoms with Crippen molar-refractivity contribution in [3.8, 4) is 17.2 Å². The van der Waals surface area contributed by atoms with Gasteiger partial charge >= 0.3 is 0 Å². The van der Waals surface area contributed by atoms with Crippen molar-refractivity contribution >= 4 is 0 Å². The van der Waals surface area contributed by atoms with Gasteiger partial charge in [0.2, 0.25) is 0 Å². The maximum absolute atomic E-state index is 6.08. The Kier molecular flexibility index (Phi) is 5.63. The lowest BCUT2D eigenvalue weighted by atomic mass is 10.1. The molecule has 0 saturated carbocycles. The SMILES string of the molecule is COc1cc(OCc2ccccc2)c(C(N)CN)cc1OC. The molecule has 0 spiro atoms. The second-order valence-electron chi connectivity index (χ2n) is 4.86. The molecule has 0 aliphatic heterocycles. The zero-order valence-electron chi connectivity index (χ0n) is 12.9. The molecule has 4 N–H and O–H groups in total. The molecule has 1 unspecified atom stereocenters. The lowest BCUT2D eigenvalue weighted by Gasteiger charge is -2.19. The lowest BCUT2D eigenvalue weighted by Crippen LogP contribution is -2.21. The number of hydrogen-bond acceptors (Lipinski definition) is 5. The van der Waals surface area contributed by atoms with E-state index in [1.165, 1.54) is 0 Å². The number of methoxy groups -OCH3 is 2. The van der Waals surface area contributed by atoms with E-state index in [1.54, 1.807) is 20.3 Å². The van der Waals surface area contributed by atoms with E-state index < -0.39 is 0 Å². The average Bonchev–Trinajstić information content (AvgIpc) is 2.59. The molecule has 2 aromatic carbocycles. The van der Waals surface area contributed by atoms with Gasteiger partial charge in [-0.3, -0.25) is 0 Å². The maximum atomic E-state index is 6.08. The van der Waals surface area contributed by atoms with Crippen LogP contribution in [0.25, 0.3) is 0 Å². The van der Waals surface area contributed by atoms with E-state index in [-0.39, 0.29) is 6.04 Å². The molecule has 5 heteroatoms. The van der Waals surface area contributed by atoms with Gasteiger partial charge in [-0.1, -0.05) is 30.3 Å². The molecule has 0 aliphatic carbocycles. The Labute approximate surface area is 130 Å². The summed E-state index contributed by atoms with van der Waals surface area (Å²) >= 11 is 0. The highest BCUT2D eigenvalue weighted by atomic mass is 16.5. The number of rotatable bonds is 7. The molecule has 0 saturated heterocycles. The smallest absolute Gasteiger partial charge is 0.164 e. The van der Waals surface area contributed by atoms with E-state index in [9.17, 15) is 0 Å². The summed E-state index contributed by atoms with van der Waals surface area (Å²) in [6.07, 6.45) is 0. The van der Waals surface area contributed by atoms with Crippen molar-refractivity contribution in [2.45, 2.75) is 12.6 Å². The topological polar surface area (TPSA) is 79.7 Å². The monoisotopic (exact) mass is 302 g/mol. The standard InChI is InChI=1S/C17H22N2O3/c1-20-16-8-13(14(19)10-18)15(9-17(16)21-2)22-11-12-6-4-3-5-7-12/h3-9,14H,10-11,18-19H2,1-2H3. The van der Waals surface area contributed by atoms with Crippen LogP contribution in [0.4, 0.5) is 0 Å². The summed E-state index contributed by atoms with van der Waals surface area (Å²) in [5.74, 6) is 1.85. The van der Waals surface area contributed by atoms with Gasteiger partial charge in [-0.25, -0.2) is 0 Å². The predicted molar refractivity (Wildman–Crippen MR) is 86.3 cm³/mol. The third-order valence-electron chi connectivity index (χ3n) is 3.41. The second-order valence-corrected chi connectivity index (χ2v) is 4.86. The first-order chi connectivity index (χ1) is 10.7. The van der Waals surface area contributed by atoms with Gasteiger partial charge in [-0.05, 0) is 11.6 Å². The van der Waals surface area contributed by atoms with Gasteiger partial charge in [-0.2, -0.15) is 0 Å². The van der Waals surface area contributed by atoms with Crippen molar-refractivity contribution in [3.63, 3.8) is 0 Å². The van der Waals surface area contributed by atoms with Crippen LogP contribution < -0.4 is 25.7 Å². The van der Waals surface area contributed by atoms with Crippen LogP contribution in [0.2, 0.25) is 0 Å². The molecule has 0 heterocycles. The Bertz CT molecular complexity index is 602. The van der Waals surface area contributed by atoms with Gasteiger partial charge in [0.05, 0.1) is 14.2 Å². The third-order valence-corrected chi connectivity index (χ3v) is 3.41. The predicted octanol–water partition coefficient (Wildman–Crippen LogP) is 2.24. The molecule has 118 valence electrons. The molecule has 2 rings (SSSR count). The highest BCUT2D eigenvalue weighted by Crippen LogP contribution is 2.37. The van der Waals surface area contributed by atoms with E-state index >= 15 is 0 Å². The highest BCUT2D eigenvalue weighted by molar-refractivity contribution is 5.52. The largest absolute Gasteiger partial charge is 0.493 e. The van der Waals surface area contributed by atoms with Crippen LogP contribution in [-0.4, -0.2) is 20.8 Å². The summed E-state index contributed by atoms with van der Waals surface area (Å²) in [7, 11) is 3.17. The van der Waals surface area contributed by atoms with Gasteiger partial charge in [0.15, 0.2) is 11.5 Å². The molecule has 0 amide bonds. The molecule has 1 atom stereocenters. The van der Waals surface area contributed by atoms with Crippen molar-refractivity contribution in [3.05, 3.63) is 53.6 Å². The van der Waals surface area contributed by atoms with E-state index in [0.717, 1.165) is 11.1 Å². The van der Waals surface area contributed by atoms with Gasteiger partial charge in [0.25, 0.3) is 0 Å². The van der Waals surface area contributed by atoms with Gasteiger partial charge in [0, 0.05) is 24.2 Å². The maximum Gasteiger partial charge on any atom is 0.164 e. The van der Waals surface area contributed by atoms with Crippen LogP contribution in [0.15, 0.2) is 42.5 Å².